The summed E-state index contributed by atoms with van der Waals surface area (Å²) >= 11 is 0. The van der Waals surface area contributed by atoms with E-state index in [0.717, 1.165) is 11.8 Å². The molecule has 21 heavy (non-hydrogen) atoms. The molecule has 1 aromatic carbocycles. The van der Waals surface area contributed by atoms with Crippen molar-refractivity contribution in [3.05, 3.63) is 35.9 Å². The van der Waals surface area contributed by atoms with Crippen molar-refractivity contribution in [2.24, 2.45) is 5.92 Å². The van der Waals surface area contributed by atoms with Crippen LogP contribution in [-0.4, -0.2) is 44.0 Å². The van der Waals surface area contributed by atoms with Crippen LogP contribution in [0.1, 0.15) is 18.9 Å². The van der Waals surface area contributed by atoms with E-state index in [9.17, 15) is 9.90 Å². The molecule has 0 radical (unpaired) electrons. The minimum absolute atomic E-state index is 0.229. The number of benzene rings is 1. The SMILES string of the molecule is COC(C[C@@H](NCc1ccccc1)[C@@H](C=O)[C@@H](C)O)OC. The molecular formula is C16H25NO4. The van der Waals surface area contributed by atoms with Gasteiger partial charge in [0.05, 0.1) is 12.0 Å². The third kappa shape index (κ3) is 5.93. The highest BCUT2D eigenvalue weighted by Crippen LogP contribution is 2.15. The number of methoxy groups -OCH3 is 2. The molecule has 0 aliphatic carbocycles. The first-order valence-corrected chi connectivity index (χ1v) is 7.08. The van der Waals surface area contributed by atoms with Crippen LogP contribution in [0.15, 0.2) is 30.3 Å². The maximum Gasteiger partial charge on any atom is 0.158 e. The number of carbonyl (C=O) groups excluding carboxylic acids is 1. The summed E-state index contributed by atoms with van der Waals surface area (Å²) in [7, 11) is 3.11. The molecule has 3 atom stereocenters. The van der Waals surface area contributed by atoms with Crippen molar-refractivity contribution in [2.45, 2.75) is 38.3 Å². The number of nitrogens with one attached hydrogen (secondary N) is 1. The van der Waals surface area contributed by atoms with Gasteiger partial charge in [0.25, 0.3) is 0 Å². The van der Waals surface area contributed by atoms with Crippen LogP contribution >= 0.6 is 0 Å². The van der Waals surface area contributed by atoms with Gasteiger partial charge in [-0.25, -0.2) is 0 Å². The summed E-state index contributed by atoms with van der Waals surface area (Å²) in [5.41, 5.74) is 1.11. The lowest BCUT2D eigenvalue weighted by atomic mass is 9.93. The Kier molecular flexibility index (Phi) is 8.15. The van der Waals surface area contributed by atoms with Crippen LogP contribution in [0.5, 0.6) is 0 Å². The Morgan fingerprint density at radius 3 is 2.33 bits per heavy atom. The first-order chi connectivity index (χ1) is 10.1. The maximum atomic E-state index is 11.3. The smallest absolute Gasteiger partial charge is 0.158 e. The molecule has 2 N–H and O–H groups in total. The Morgan fingerprint density at radius 2 is 1.86 bits per heavy atom. The Morgan fingerprint density at radius 1 is 1.24 bits per heavy atom. The molecule has 0 unspecified atom stereocenters. The van der Waals surface area contributed by atoms with E-state index in [2.05, 4.69) is 5.32 Å². The van der Waals surface area contributed by atoms with E-state index in [1.54, 1.807) is 21.1 Å². The summed E-state index contributed by atoms with van der Waals surface area (Å²) in [5.74, 6) is -0.512. The molecule has 0 aromatic heterocycles. The molecule has 0 saturated carbocycles. The molecule has 0 saturated heterocycles. The number of aliphatic hydroxyl groups is 1. The van der Waals surface area contributed by atoms with Gasteiger partial charge in [-0.3, -0.25) is 0 Å². The molecule has 118 valence electrons. The van der Waals surface area contributed by atoms with Crippen molar-refractivity contribution in [3.8, 4) is 0 Å². The van der Waals surface area contributed by atoms with Gasteiger partial charge >= 0.3 is 0 Å². The fraction of sp³-hybridized carbons (Fsp3) is 0.562. The van der Waals surface area contributed by atoms with Crippen molar-refractivity contribution in [3.63, 3.8) is 0 Å². The predicted octanol–water partition coefficient (Wildman–Crippen LogP) is 1.35. The lowest BCUT2D eigenvalue weighted by Gasteiger charge is -2.29. The van der Waals surface area contributed by atoms with Gasteiger partial charge in [-0.05, 0) is 12.5 Å². The zero-order valence-electron chi connectivity index (χ0n) is 12.9. The standard InChI is InChI=1S/C16H25NO4/c1-12(19)14(11-18)15(9-16(20-2)21-3)17-10-13-7-5-4-6-8-13/h4-8,11-12,14-17,19H,9-10H2,1-3H3/t12-,14+,15-/m1/s1. The van der Waals surface area contributed by atoms with E-state index in [-0.39, 0.29) is 6.04 Å². The van der Waals surface area contributed by atoms with E-state index in [1.807, 2.05) is 30.3 Å². The summed E-state index contributed by atoms with van der Waals surface area (Å²) in [5, 5.41) is 13.1. The van der Waals surface area contributed by atoms with Crippen molar-refractivity contribution >= 4 is 6.29 Å². The number of hydrogen-bond acceptors (Lipinski definition) is 5. The molecule has 0 fully saturated rings. The van der Waals surface area contributed by atoms with Crippen molar-refractivity contribution < 1.29 is 19.4 Å². The van der Waals surface area contributed by atoms with Crippen LogP contribution in [0.4, 0.5) is 0 Å². The molecule has 0 aliphatic heterocycles. The van der Waals surface area contributed by atoms with Gasteiger partial charge in [-0.1, -0.05) is 30.3 Å². The number of rotatable bonds is 10. The highest BCUT2D eigenvalue weighted by Gasteiger charge is 2.27. The molecule has 0 bridgehead atoms. The van der Waals surface area contributed by atoms with Crippen molar-refractivity contribution in [1.82, 2.24) is 5.32 Å². The minimum Gasteiger partial charge on any atom is -0.393 e. The Balaban J connectivity index is 2.73. The van der Waals surface area contributed by atoms with Crippen LogP contribution in [0.25, 0.3) is 0 Å². The normalized spacial score (nSPS) is 15.7. The topological polar surface area (TPSA) is 67.8 Å². The van der Waals surface area contributed by atoms with E-state index < -0.39 is 18.3 Å². The van der Waals surface area contributed by atoms with Crippen LogP contribution in [0.3, 0.4) is 0 Å². The van der Waals surface area contributed by atoms with Crippen LogP contribution in [-0.2, 0) is 20.8 Å². The van der Waals surface area contributed by atoms with Crippen molar-refractivity contribution in [2.75, 3.05) is 14.2 Å². The highest BCUT2D eigenvalue weighted by molar-refractivity contribution is 5.55. The van der Waals surface area contributed by atoms with E-state index >= 15 is 0 Å². The monoisotopic (exact) mass is 295 g/mol. The van der Waals surface area contributed by atoms with Gasteiger partial charge < -0.3 is 24.7 Å². The number of ether oxygens (including phenoxy) is 2. The number of aliphatic hydroxyl groups excluding tert-OH is 1. The minimum atomic E-state index is -0.731. The lowest BCUT2D eigenvalue weighted by Crippen LogP contribution is -2.44. The van der Waals surface area contributed by atoms with Gasteiger partial charge in [-0.15, -0.1) is 0 Å². The van der Waals surface area contributed by atoms with E-state index in [4.69, 9.17) is 9.47 Å². The van der Waals surface area contributed by atoms with Gasteiger partial charge in [0, 0.05) is 33.2 Å². The lowest BCUT2D eigenvalue weighted by molar-refractivity contribution is -0.124. The molecule has 5 nitrogen and oxygen atoms in total. The fourth-order valence-electron chi connectivity index (χ4n) is 2.26. The molecule has 1 aromatic rings. The number of carbonyl (C=O) groups is 1. The quantitative estimate of drug-likeness (QED) is 0.504. The van der Waals surface area contributed by atoms with Crippen molar-refractivity contribution in [1.29, 1.82) is 0 Å². The van der Waals surface area contributed by atoms with Gasteiger partial charge in [0.1, 0.15) is 6.29 Å². The summed E-state index contributed by atoms with van der Waals surface area (Å²) in [6.07, 6.45) is 0.119. The zero-order valence-corrected chi connectivity index (χ0v) is 12.9. The molecule has 0 spiro atoms. The average Bonchev–Trinajstić information content (AvgIpc) is 2.50. The Hall–Kier alpha value is -1.27. The molecular weight excluding hydrogens is 270 g/mol. The highest BCUT2D eigenvalue weighted by atomic mass is 16.7. The summed E-state index contributed by atoms with van der Waals surface area (Å²) in [6, 6.07) is 9.67. The fourth-order valence-corrected chi connectivity index (χ4v) is 2.26. The van der Waals surface area contributed by atoms with Gasteiger partial charge in [0.2, 0.25) is 0 Å². The molecule has 1 rings (SSSR count). The van der Waals surface area contributed by atoms with Crippen LogP contribution in [0, 0.1) is 5.92 Å². The summed E-state index contributed by atoms with van der Waals surface area (Å²) in [6.45, 7) is 2.23. The first-order valence-electron chi connectivity index (χ1n) is 7.08. The summed E-state index contributed by atoms with van der Waals surface area (Å²) < 4.78 is 10.4. The third-order valence-corrected chi connectivity index (χ3v) is 3.56. The second kappa shape index (κ2) is 9.63. The molecule has 5 heteroatoms. The number of hydrogen-bond donors (Lipinski definition) is 2. The van der Waals surface area contributed by atoms with Crippen LogP contribution < -0.4 is 5.32 Å². The second-order valence-corrected chi connectivity index (χ2v) is 5.06. The molecule has 0 amide bonds. The Bertz CT molecular complexity index is 393. The van der Waals surface area contributed by atoms with Gasteiger partial charge in [0.15, 0.2) is 6.29 Å². The maximum absolute atomic E-state index is 11.3. The molecule has 0 aliphatic rings. The second-order valence-electron chi connectivity index (χ2n) is 5.06. The molecule has 0 heterocycles. The largest absolute Gasteiger partial charge is 0.393 e. The van der Waals surface area contributed by atoms with Gasteiger partial charge in [-0.2, -0.15) is 0 Å². The summed E-state index contributed by atoms with van der Waals surface area (Å²) in [4.78, 5) is 11.3. The van der Waals surface area contributed by atoms with E-state index in [1.165, 1.54) is 0 Å². The first kappa shape index (κ1) is 17.8. The zero-order chi connectivity index (χ0) is 15.7. The van der Waals surface area contributed by atoms with Crippen LogP contribution in [0.2, 0.25) is 0 Å². The average molecular weight is 295 g/mol. The number of aldehydes is 1. The third-order valence-electron chi connectivity index (χ3n) is 3.56. The predicted molar refractivity (Wildman–Crippen MR) is 80.7 cm³/mol. The van der Waals surface area contributed by atoms with E-state index in [0.29, 0.717) is 13.0 Å². The Labute approximate surface area is 126 Å².